The molecule has 3 rings (SSSR count). The molecule has 0 spiro atoms. The van der Waals surface area contributed by atoms with Crippen molar-refractivity contribution in [1.29, 1.82) is 0 Å². The monoisotopic (exact) mass is 448 g/mol. The highest BCUT2D eigenvalue weighted by Crippen LogP contribution is 2.21. The van der Waals surface area contributed by atoms with E-state index in [2.05, 4.69) is 10.0 Å². The molecule has 2 aromatic rings. The molecular weight excluding hydrogens is 424 g/mol. The lowest BCUT2D eigenvalue weighted by molar-refractivity contribution is -0.116. The second-order valence-electron chi connectivity index (χ2n) is 7.46. The molecule has 2 aromatic carbocycles. The minimum atomic E-state index is -3.58. The average Bonchev–Trinajstić information content (AvgIpc) is 2.73. The van der Waals surface area contributed by atoms with E-state index in [1.54, 1.807) is 36.4 Å². The molecular formula is C22H25ClN2O4S. The molecule has 1 saturated carbocycles. The van der Waals surface area contributed by atoms with Crippen molar-refractivity contribution in [2.45, 2.75) is 55.9 Å². The Morgan fingerprint density at radius 3 is 2.17 bits per heavy atom. The molecule has 0 aliphatic heterocycles. The van der Waals surface area contributed by atoms with Crippen LogP contribution in [0.15, 0.2) is 53.4 Å². The molecule has 0 aromatic heterocycles. The van der Waals surface area contributed by atoms with Crippen molar-refractivity contribution >= 4 is 39.0 Å². The first kappa shape index (κ1) is 22.5. The second-order valence-corrected chi connectivity index (χ2v) is 9.61. The summed E-state index contributed by atoms with van der Waals surface area (Å²) in [6.45, 7) is 0. The summed E-state index contributed by atoms with van der Waals surface area (Å²) < 4.78 is 27.8. The van der Waals surface area contributed by atoms with Gasteiger partial charge in [0, 0.05) is 35.2 Å². The summed E-state index contributed by atoms with van der Waals surface area (Å²) >= 11 is 5.81. The van der Waals surface area contributed by atoms with E-state index in [1.165, 1.54) is 12.1 Å². The van der Waals surface area contributed by atoms with E-state index in [-0.39, 0.29) is 35.5 Å². The second kappa shape index (κ2) is 10.2. The summed E-state index contributed by atoms with van der Waals surface area (Å²) in [4.78, 5) is 24.4. The maximum absolute atomic E-state index is 12.5. The van der Waals surface area contributed by atoms with Gasteiger partial charge >= 0.3 is 0 Å². The van der Waals surface area contributed by atoms with Gasteiger partial charge in [0.15, 0.2) is 5.78 Å². The van der Waals surface area contributed by atoms with Gasteiger partial charge in [0.25, 0.3) is 0 Å². The average molecular weight is 449 g/mol. The Labute approximate surface area is 182 Å². The van der Waals surface area contributed by atoms with Crippen LogP contribution in [0.2, 0.25) is 5.02 Å². The van der Waals surface area contributed by atoms with Crippen LogP contribution >= 0.6 is 11.6 Å². The number of halogens is 1. The number of benzene rings is 2. The number of rotatable bonds is 8. The van der Waals surface area contributed by atoms with Gasteiger partial charge in [-0.1, -0.05) is 30.9 Å². The van der Waals surface area contributed by atoms with Gasteiger partial charge in [0.05, 0.1) is 4.90 Å². The number of nitrogens with one attached hydrogen (secondary N) is 2. The molecule has 1 aliphatic carbocycles. The standard InChI is InChI=1S/C22H25ClN2O4S/c23-17-8-6-16(7-9-17)21(26)14-15-22(27)24-18-10-12-20(13-11-18)30(28,29)25-19-4-2-1-3-5-19/h6-13,19,25H,1-5,14-15H2,(H,24,27). The van der Waals surface area contributed by atoms with Gasteiger partial charge < -0.3 is 5.32 Å². The Kier molecular flexibility index (Phi) is 7.64. The molecule has 0 unspecified atom stereocenters. The number of anilines is 1. The summed E-state index contributed by atoms with van der Waals surface area (Å²) in [6.07, 6.45) is 5.06. The maximum Gasteiger partial charge on any atom is 0.240 e. The number of sulfonamides is 1. The molecule has 1 aliphatic rings. The number of ketones is 1. The molecule has 0 bridgehead atoms. The van der Waals surface area contributed by atoms with Crippen LogP contribution in [-0.2, 0) is 14.8 Å². The Morgan fingerprint density at radius 1 is 0.900 bits per heavy atom. The fourth-order valence-electron chi connectivity index (χ4n) is 3.46. The number of carbonyl (C=O) groups is 2. The molecule has 0 atom stereocenters. The molecule has 6 nitrogen and oxygen atoms in total. The number of carbonyl (C=O) groups excluding carboxylic acids is 2. The van der Waals surface area contributed by atoms with Crippen molar-refractivity contribution < 1.29 is 18.0 Å². The minimum absolute atomic E-state index is 0.0127. The van der Waals surface area contributed by atoms with Crippen LogP contribution in [0.25, 0.3) is 0 Å². The van der Waals surface area contributed by atoms with Crippen LogP contribution in [0.4, 0.5) is 5.69 Å². The van der Waals surface area contributed by atoms with Gasteiger partial charge in [-0.25, -0.2) is 13.1 Å². The van der Waals surface area contributed by atoms with Crippen molar-refractivity contribution in [3.63, 3.8) is 0 Å². The van der Waals surface area contributed by atoms with Gasteiger partial charge in [-0.15, -0.1) is 0 Å². The van der Waals surface area contributed by atoms with Gasteiger partial charge in [-0.05, 0) is 61.4 Å². The largest absolute Gasteiger partial charge is 0.326 e. The molecule has 0 radical (unpaired) electrons. The van der Waals surface area contributed by atoms with Crippen molar-refractivity contribution in [2.75, 3.05) is 5.32 Å². The van der Waals surface area contributed by atoms with Crippen molar-refractivity contribution in [3.8, 4) is 0 Å². The summed E-state index contributed by atoms with van der Waals surface area (Å²) in [5.74, 6) is -0.453. The zero-order valence-electron chi connectivity index (χ0n) is 16.6. The molecule has 2 N–H and O–H groups in total. The highest BCUT2D eigenvalue weighted by atomic mass is 35.5. The van der Waals surface area contributed by atoms with E-state index in [9.17, 15) is 18.0 Å². The van der Waals surface area contributed by atoms with Crippen LogP contribution in [0.3, 0.4) is 0 Å². The van der Waals surface area contributed by atoms with E-state index in [0.717, 1.165) is 32.1 Å². The summed E-state index contributed by atoms with van der Waals surface area (Å²) in [5.41, 5.74) is 0.989. The Morgan fingerprint density at radius 2 is 1.53 bits per heavy atom. The normalized spacial score (nSPS) is 15.0. The predicted molar refractivity (Wildman–Crippen MR) is 117 cm³/mol. The maximum atomic E-state index is 12.5. The Balaban J connectivity index is 1.51. The number of amides is 1. The zero-order valence-corrected chi connectivity index (χ0v) is 18.1. The van der Waals surface area contributed by atoms with E-state index < -0.39 is 10.0 Å². The lowest BCUT2D eigenvalue weighted by Gasteiger charge is -2.22. The topological polar surface area (TPSA) is 92.3 Å². The van der Waals surface area contributed by atoms with Crippen molar-refractivity contribution in [1.82, 2.24) is 4.72 Å². The van der Waals surface area contributed by atoms with Crippen molar-refractivity contribution in [3.05, 3.63) is 59.1 Å². The predicted octanol–water partition coefficient (Wildman–Crippen LogP) is 4.55. The van der Waals surface area contributed by atoms with Gasteiger partial charge in [0.1, 0.15) is 0 Å². The first-order valence-corrected chi connectivity index (χ1v) is 11.9. The SMILES string of the molecule is O=C(CCC(=O)c1ccc(Cl)cc1)Nc1ccc(S(=O)(=O)NC2CCCCC2)cc1. The summed E-state index contributed by atoms with van der Waals surface area (Å²) in [6, 6.07) is 12.6. The van der Waals surface area contributed by atoms with Crippen LogP contribution in [-0.4, -0.2) is 26.2 Å². The van der Waals surface area contributed by atoms with E-state index in [0.29, 0.717) is 16.3 Å². The van der Waals surface area contributed by atoms with Gasteiger partial charge in [-0.2, -0.15) is 0 Å². The molecule has 1 amide bonds. The number of Topliss-reactive ketones (excluding diaryl/α,β-unsaturated/α-hetero) is 1. The third-order valence-electron chi connectivity index (χ3n) is 5.12. The number of hydrogen-bond donors (Lipinski definition) is 2. The van der Waals surface area contributed by atoms with Crippen molar-refractivity contribution in [2.24, 2.45) is 0 Å². The highest BCUT2D eigenvalue weighted by Gasteiger charge is 2.21. The van der Waals surface area contributed by atoms with E-state index >= 15 is 0 Å². The molecule has 30 heavy (non-hydrogen) atoms. The third kappa shape index (κ3) is 6.39. The van der Waals surface area contributed by atoms with Crippen LogP contribution in [0, 0.1) is 0 Å². The van der Waals surface area contributed by atoms with Gasteiger partial charge in [-0.3, -0.25) is 9.59 Å². The quantitative estimate of drug-likeness (QED) is 0.579. The van der Waals surface area contributed by atoms with Crippen LogP contribution < -0.4 is 10.0 Å². The summed E-state index contributed by atoms with van der Waals surface area (Å²) in [7, 11) is -3.58. The Bertz CT molecular complexity index is 983. The number of hydrogen-bond acceptors (Lipinski definition) is 4. The summed E-state index contributed by atoms with van der Waals surface area (Å²) in [5, 5.41) is 3.24. The Hall–Kier alpha value is -2.22. The fraction of sp³-hybridized carbons (Fsp3) is 0.364. The van der Waals surface area contributed by atoms with Crippen LogP contribution in [0.1, 0.15) is 55.3 Å². The van der Waals surface area contributed by atoms with E-state index in [4.69, 9.17) is 11.6 Å². The first-order valence-electron chi connectivity index (χ1n) is 10.0. The molecule has 1 fully saturated rings. The fourth-order valence-corrected chi connectivity index (χ4v) is 4.89. The lowest BCUT2D eigenvalue weighted by atomic mass is 9.96. The highest BCUT2D eigenvalue weighted by molar-refractivity contribution is 7.89. The molecule has 0 saturated heterocycles. The zero-order chi connectivity index (χ0) is 21.6. The van der Waals surface area contributed by atoms with Crippen LogP contribution in [0.5, 0.6) is 0 Å². The third-order valence-corrected chi connectivity index (χ3v) is 6.91. The lowest BCUT2D eigenvalue weighted by Crippen LogP contribution is -2.36. The molecule has 0 heterocycles. The van der Waals surface area contributed by atoms with E-state index in [1.807, 2.05) is 0 Å². The van der Waals surface area contributed by atoms with Gasteiger partial charge in [0.2, 0.25) is 15.9 Å². The molecule has 8 heteroatoms. The molecule has 160 valence electrons. The minimum Gasteiger partial charge on any atom is -0.326 e. The first-order chi connectivity index (χ1) is 14.3. The smallest absolute Gasteiger partial charge is 0.240 e.